The van der Waals surface area contributed by atoms with Crippen LogP contribution in [0.15, 0.2) is 34.9 Å². The smallest absolute Gasteiger partial charge is 0.276 e. The number of nitrogens with zero attached hydrogens (tertiary/aromatic N) is 3. The number of methoxy groups -OCH3 is 2. The predicted octanol–water partition coefficient (Wildman–Crippen LogP) is 1.69. The Labute approximate surface area is 175 Å². The lowest BCUT2D eigenvalue weighted by Crippen LogP contribution is -2.43. The van der Waals surface area contributed by atoms with Crippen molar-refractivity contribution in [2.45, 2.75) is 6.42 Å². The fourth-order valence-electron chi connectivity index (χ4n) is 3.17. The maximum atomic E-state index is 13.0. The van der Waals surface area contributed by atoms with Crippen LogP contribution in [0.4, 0.5) is 0 Å². The van der Waals surface area contributed by atoms with Gasteiger partial charge in [0.15, 0.2) is 11.5 Å². The molecule has 0 radical (unpaired) electrons. The number of benzene rings is 1. The Morgan fingerprint density at radius 2 is 1.97 bits per heavy atom. The van der Waals surface area contributed by atoms with Gasteiger partial charge in [-0.15, -0.1) is 0 Å². The number of hydrogen-bond donors (Lipinski definition) is 0. The molecule has 30 heavy (non-hydrogen) atoms. The van der Waals surface area contributed by atoms with E-state index in [0.717, 1.165) is 5.56 Å². The van der Waals surface area contributed by atoms with Gasteiger partial charge in [-0.05, 0) is 12.1 Å². The van der Waals surface area contributed by atoms with Gasteiger partial charge in [-0.1, -0.05) is 17.3 Å². The molecule has 1 aliphatic rings. The van der Waals surface area contributed by atoms with Crippen molar-refractivity contribution in [1.82, 2.24) is 15.0 Å². The Morgan fingerprint density at radius 3 is 2.70 bits per heavy atom. The maximum Gasteiger partial charge on any atom is 0.276 e. The van der Waals surface area contributed by atoms with E-state index in [1.165, 1.54) is 0 Å². The monoisotopic (exact) mass is 417 g/mol. The van der Waals surface area contributed by atoms with Crippen molar-refractivity contribution in [2.75, 3.05) is 60.2 Å². The van der Waals surface area contributed by atoms with Crippen molar-refractivity contribution in [3.05, 3.63) is 36.0 Å². The van der Waals surface area contributed by atoms with Gasteiger partial charge in [0.05, 0.1) is 26.9 Å². The third-order valence-corrected chi connectivity index (χ3v) is 4.90. The van der Waals surface area contributed by atoms with Gasteiger partial charge in [-0.2, -0.15) is 0 Å². The van der Waals surface area contributed by atoms with E-state index in [1.54, 1.807) is 36.2 Å². The summed E-state index contributed by atoms with van der Waals surface area (Å²) in [5, 5.41) is 3.93. The fourth-order valence-corrected chi connectivity index (χ4v) is 3.17. The first-order valence-electron chi connectivity index (χ1n) is 9.87. The van der Waals surface area contributed by atoms with E-state index < -0.39 is 0 Å². The van der Waals surface area contributed by atoms with Gasteiger partial charge in [-0.3, -0.25) is 9.59 Å². The number of morpholine rings is 1. The third kappa shape index (κ3) is 5.58. The molecular formula is C21H27N3O6. The Bertz CT molecular complexity index is 847. The van der Waals surface area contributed by atoms with Crippen molar-refractivity contribution in [3.63, 3.8) is 0 Å². The average molecular weight is 417 g/mol. The van der Waals surface area contributed by atoms with Crippen molar-refractivity contribution < 1.29 is 28.3 Å². The van der Waals surface area contributed by atoms with E-state index in [1.807, 2.05) is 18.2 Å². The molecular weight excluding hydrogens is 390 g/mol. The van der Waals surface area contributed by atoms with Crippen LogP contribution in [0.1, 0.15) is 16.9 Å². The van der Waals surface area contributed by atoms with Crippen LogP contribution in [0.25, 0.3) is 11.3 Å². The minimum Gasteiger partial charge on any atom is -0.497 e. The van der Waals surface area contributed by atoms with Crippen molar-refractivity contribution in [2.24, 2.45) is 0 Å². The number of carbonyl (C=O) groups is 2. The lowest BCUT2D eigenvalue weighted by molar-refractivity contribution is -0.135. The predicted molar refractivity (Wildman–Crippen MR) is 108 cm³/mol. The highest BCUT2D eigenvalue weighted by atomic mass is 16.5. The lowest BCUT2D eigenvalue weighted by atomic mass is 10.1. The summed E-state index contributed by atoms with van der Waals surface area (Å²) in [5.41, 5.74) is 0.939. The van der Waals surface area contributed by atoms with Gasteiger partial charge in [0.2, 0.25) is 5.91 Å². The lowest BCUT2D eigenvalue weighted by Gasteiger charge is -2.28. The summed E-state index contributed by atoms with van der Waals surface area (Å²) in [6.07, 6.45) is 0.232. The average Bonchev–Trinajstić information content (AvgIpc) is 3.29. The Morgan fingerprint density at radius 1 is 1.17 bits per heavy atom. The van der Waals surface area contributed by atoms with Crippen molar-refractivity contribution >= 4 is 11.8 Å². The van der Waals surface area contributed by atoms with Crippen LogP contribution in [0.5, 0.6) is 5.75 Å². The molecule has 1 aromatic carbocycles. The molecule has 162 valence electrons. The zero-order chi connectivity index (χ0) is 21.3. The Balaban J connectivity index is 1.67. The van der Waals surface area contributed by atoms with Gasteiger partial charge in [0.25, 0.3) is 5.91 Å². The zero-order valence-electron chi connectivity index (χ0n) is 17.3. The zero-order valence-corrected chi connectivity index (χ0v) is 17.3. The molecule has 0 aliphatic carbocycles. The summed E-state index contributed by atoms with van der Waals surface area (Å²) in [5.74, 6) is 0.846. The summed E-state index contributed by atoms with van der Waals surface area (Å²) in [6, 6.07) is 8.91. The summed E-state index contributed by atoms with van der Waals surface area (Å²) in [4.78, 5) is 28.8. The molecule has 1 aromatic heterocycles. The molecule has 9 heteroatoms. The minimum absolute atomic E-state index is 0.00531. The first-order valence-corrected chi connectivity index (χ1v) is 9.87. The van der Waals surface area contributed by atoms with Crippen LogP contribution in [0.2, 0.25) is 0 Å². The van der Waals surface area contributed by atoms with E-state index in [0.29, 0.717) is 51.0 Å². The number of hydrogen-bond acceptors (Lipinski definition) is 7. The Hall–Kier alpha value is -2.91. The SMILES string of the molecule is COCCN(CCC(=O)N1CCOCC1)C(=O)c1cc(-c2cccc(OC)c2)on1. The van der Waals surface area contributed by atoms with Crippen LogP contribution in [-0.4, -0.2) is 87.0 Å². The maximum absolute atomic E-state index is 13.0. The summed E-state index contributed by atoms with van der Waals surface area (Å²) < 4.78 is 21.0. The molecule has 0 N–H and O–H groups in total. The molecule has 9 nitrogen and oxygen atoms in total. The van der Waals surface area contributed by atoms with Crippen molar-refractivity contribution in [1.29, 1.82) is 0 Å². The molecule has 0 spiro atoms. The van der Waals surface area contributed by atoms with E-state index >= 15 is 0 Å². The molecule has 2 heterocycles. The number of aromatic nitrogens is 1. The van der Waals surface area contributed by atoms with Crippen LogP contribution < -0.4 is 4.74 Å². The highest BCUT2D eigenvalue weighted by molar-refractivity contribution is 5.93. The fraction of sp³-hybridized carbons (Fsp3) is 0.476. The molecule has 0 saturated carbocycles. The second-order valence-electron chi connectivity index (χ2n) is 6.84. The van der Waals surface area contributed by atoms with E-state index in [4.69, 9.17) is 18.7 Å². The highest BCUT2D eigenvalue weighted by Gasteiger charge is 2.23. The molecule has 1 saturated heterocycles. The van der Waals surface area contributed by atoms with Crippen LogP contribution >= 0.6 is 0 Å². The normalized spacial score (nSPS) is 13.9. The molecule has 0 atom stereocenters. The Kier molecular flexibility index (Phi) is 7.81. The van der Waals surface area contributed by atoms with Gasteiger partial charge in [-0.25, -0.2) is 0 Å². The molecule has 1 fully saturated rings. The second kappa shape index (κ2) is 10.7. The number of carbonyl (C=O) groups excluding carboxylic acids is 2. The van der Waals surface area contributed by atoms with Crippen molar-refractivity contribution in [3.8, 4) is 17.1 Å². The minimum atomic E-state index is -0.306. The van der Waals surface area contributed by atoms with E-state index in [2.05, 4.69) is 5.16 Å². The van der Waals surface area contributed by atoms with Gasteiger partial charge in [0, 0.05) is 51.3 Å². The van der Waals surface area contributed by atoms with E-state index in [9.17, 15) is 9.59 Å². The molecule has 3 rings (SSSR count). The third-order valence-electron chi connectivity index (χ3n) is 4.90. The second-order valence-corrected chi connectivity index (χ2v) is 6.84. The van der Waals surface area contributed by atoms with Crippen LogP contribution in [0.3, 0.4) is 0 Å². The molecule has 0 bridgehead atoms. The highest BCUT2D eigenvalue weighted by Crippen LogP contribution is 2.24. The number of ether oxygens (including phenoxy) is 3. The largest absolute Gasteiger partial charge is 0.497 e. The first-order chi connectivity index (χ1) is 14.6. The summed E-state index contributed by atoms with van der Waals surface area (Å²) in [6.45, 7) is 3.25. The summed E-state index contributed by atoms with van der Waals surface area (Å²) >= 11 is 0. The van der Waals surface area contributed by atoms with Gasteiger partial charge in [0.1, 0.15) is 5.75 Å². The standard InChI is InChI=1S/C21H27N3O6/c1-27-11-8-24(7-6-20(25)23-9-12-29-13-10-23)21(26)18-15-19(30-22-18)16-4-3-5-17(14-16)28-2/h3-5,14-15H,6-13H2,1-2H3. The van der Waals surface area contributed by atoms with Gasteiger partial charge >= 0.3 is 0 Å². The molecule has 1 aliphatic heterocycles. The summed E-state index contributed by atoms with van der Waals surface area (Å²) in [7, 11) is 3.15. The number of amides is 2. The van der Waals surface area contributed by atoms with Gasteiger partial charge < -0.3 is 28.5 Å². The molecule has 2 aromatic rings. The molecule has 2 amide bonds. The van der Waals surface area contributed by atoms with Crippen LogP contribution in [-0.2, 0) is 14.3 Å². The van der Waals surface area contributed by atoms with E-state index in [-0.39, 0.29) is 30.5 Å². The quantitative estimate of drug-likeness (QED) is 0.613. The topological polar surface area (TPSA) is 94.3 Å². The number of rotatable bonds is 9. The molecule has 0 unspecified atom stereocenters. The van der Waals surface area contributed by atoms with Crippen LogP contribution in [0, 0.1) is 0 Å². The first kappa shape index (κ1) is 21.8.